The predicted octanol–water partition coefficient (Wildman–Crippen LogP) is 1.81. The Hall–Kier alpha value is -2.05. The Bertz CT molecular complexity index is 606. The number of fused-ring (bicyclic) bond motifs is 1. The van der Waals surface area contributed by atoms with Gasteiger partial charge >= 0.3 is 0 Å². The van der Waals surface area contributed by atoms with Crippen molar-refractivity contribution in [3.63, 3.8) is 0 Å². The Morgan fingerprint density at radius 2 is 2.06 bits per heavy atom. The van der Waals surface area contributed by atoms with Gasteiger partial charge < -0.3 is 14.9 Å². The Morgan fingerprint density at radius 1 is 1.22 bits per heavy atom. The lowest BCUT2D eigenvalue weighted by Crippen LogP contribution is -2.10. The molecule has 3 rings (SSSR count). The first-order chi connectivity index (χ1) is 8.79. The lowest BCUT2D eigenvalue weighted by Gasteiger charge is -2.08. The molecule has 0 unspecified atom stereocenters. The minimum atomic E-state index is 0.168. The molecule has 0 saturated carbocycles. The molecule has 0 atom stereocenters. The van der Waals surface area contributed by atoms with Gasteiger partial charge in [-0.1, -0.05) is 11.6 Å². The number of halogens is 1. The number of nitrogens with zero attached hydrogens (tertiary/aromatic N) is 2. The van der Waals surface area contributed by atoms with E-state index in [-0.39, 0.29) is 6.79 Å². The number of benzene rings is 1. The minimum Gasteiger partial charge on any atom is -0.454 e. The van der Waals surface area contributed by atoms with Crippen LogP contribution in [0.1, 0.15) is 0 Å². The van der Waals surface area contributed by atoms with Crippen LogP contribution in [0, 0.1) is 0 Å². The third-order valence-electron chi connectivity index (χ3n) is 2.54. The molecule has 18 heavy (non-hydrogen) atoms. The zero-order valence-electron chi connectivity index (χ0n) is 9.18. The molecule has 1 aromatic carbocycles. The van der Waals surface area contributed by atoms with E-state index in [2.05, 4.69) is 15.4 Å². The van der Waals surface area contributed by atoms with E-state index in [1.54, 1.807) is 24.5 Å². The monoisotopic (exact) mass is 264 g/mol. The standard InChI is InChI=1S/C11H9ClN4O2/c12-7-3-6(4-8-10(7)18-5-17-8)9-11(16-13)15-2-1-14-9/h1-4H,5,13H2,(H,15,16). The van der Waals surface area contributed by atoms with Crippen molar-refractivity contribution in [3.05, 3.63) is 29.5 Å². The van der Waals surface area contributed by atoms with Gasteiger partial charge in [-0.3, -0.25) is 4.98 Å². The number of nitrogens with two attached hydrogens (primary N) is 1. The van der Waals surface area contributed by atoms with E-state index < -0.39 is 0 Å². The molecule has 0 fully saturated rings. The molecular weight excluding hydrogens is 256 g/mol. The van der Waals surface area contributed by atoms with Gasteiger partial charge in [-0.2, -0.15) is 0 Å². The van der Waals surface area contributed by atoms with Gasteiger partial charge in [0.2, 0.25) is 6.79 Å². The number of hydrogen-bond donors (Lipinski definition) is 2. The highest BCUT2D eigenvalue weighted by atomic mass is 35.5. The molecule has 1 aliphatic heterocycles. The summed E-state index contributed by atoms with van der Waals surface area (Å²) < 4.78 is 10.6. The number of hydrazine groups is 1. The van der Waals surface area contributed by atoms with Crippen LogP contribution in [0.25, 0.3) is 11.3 Å². The highest BCUT2D eigenvalue weighted by Crippen LogP contribution is 2.42. The molecule has 6 nitrogen and oxygen atoms in total. The topological polar surface area (TPSA) is 82.3 Å². The Balaban J connectivity index is 2.15. The summed E-state index contributed by atoms with van der Waals surface area (Å²) in [6.07, 6.45) is 3.13. The maximum absolute atomic E-state index is 6.12. The average molecular weight is 265 g/mol. The van der Waals surface area contributed by atoms with Gasteiger partial charge in [0.1, 0.15) is 5.69 Å². The lowest BCUT2D eigenvalue weighted by atomic mass is 10.1. The smallest absolute Gasteiger partial charge is 0.231 e. The fourth-order valence-electron chi connectivity index (χ4n) is 1.76. The normalized spacial score (nSPS) is 12.6. The lowest BCUT2D eigenvalue weighted by molar-refractivity contribution is 0.174. The van der Waals surface area contributed by atoms with E-state index in [0.29, 0.717) is 28.0 Å². The van der Waals surface area contributed by atoms with Gasteiger partial charge in [-0.15, -0.1) is 0 Å². The SMILES string of the molecule is NNc1nccnc1-c1cc(Cl)c2c(c1)OCO2. The number of anilines is 1. The van der Waals surface area contributed by atoms with Gasteiger partial charge in [-0.25, -0.2) is 10.8 Å². The molecule has 0 radical (unpaired) electrons. The number of aromatic nitrogens is 2. The average Bonchev–Trinajstić information content (AvgIpc) is 2.87. The molecular formula is C11H9ClN4O2. The first-order valence-electron chi connectivity index (χ1n) is 5.16. The van der Waals surface area contributed by atoms with E-state index in [0.717, 1.165) is 5.56 Å². The second-order valence-corrected chi connectivity index (χ2v) is 4.00. The van der Waals surface area contributed by atoms with Crippen LogP contribution < -0.4 is 20.7 Å². The number of rotatable bonds is 2. The van der Waals surface area contributed by atoms with Crippen LogP contribution in [0.3, 0.4) is 0 Å². The van der Waals surface area contributed by atoms with Crippen molar-refractivity contribution in [1.82, 2.24) is 9.97 Å². The second-order valence-electron chi connectivity index (χ2n) is 3.59. The molecule has 0 bridgehead atoms. The van der Waals surface area contributed by atoms with Crippen molar-refractivity contribution in [2.75, 3.05) is 12.2 Å². The number of nitrogen functional groups attached to an aromatic ring is 1. The van der Waals surface area contributed by atoms with Crippen LogP contribution in [0.2, 0.25) is 5.02 Å². The fourth-order valence-corrected chi connectivity index (χ4v) is 2.02. The van der Waals surface area contributed by atoms with Crippen LogP contribution in [0.5, 0.6) is 11.5 Å². The van der Waals surface area contributed by atoms with E-state index in [4.69, 9.17) is 26.9 Å². The van der Waals surface area contributed by atoms with Crippen molar-refractivity contribution in [2.45, 2.75) is 0 Å². The Morgan fingerprint density at radius 3 is 2.89 bits per heavy atom. The highest BCUT2D eigenvalue weighted by molar-refractivity contribution is 6.32. The Labute approximate surface area is 108 Å². The van der Waals surface area contributed by atoms with E-state index in [9.17, 15) is 0 Å². The Kier molecular flexibility index (Phi) is 2.66. The summed E-state index contributed by atoms with van der Waals surface area (Å²) in [5.41, 5.74) is 3.84. The van der Waals surface area contributed by atoms with Gasteiger partial charge in [0.15, 0.2) is 17.3 Å². The van der Waals surface area contributed by atoms with Crippen LogP contribution >= 0.6 is 11.6 Å². The van der Waals surface area contributed by atoms with Crippen LogP contribution in [-0.2, 0) is 0 Å². The molecule has 2 heterocycles. The maximum atomic E-state index is 6.12. The number of nitrogens with one attached hydrogen (secondary N) is 1. The van der Waals surface area contributed by atoms with Gasteiger partial charge in [0, 0.05) is 18.0 Å². The molecule has 0 spiro atoms. The molecule has 7 heteroatoms. The fraction of sp³-hybridized carbons (Fsp3) is 0.0909. The zero-order valence-corrected chi connectivity index (χ0v) is 9.94. The van der Waals surface area contributed by atoms with Crippen molar-refractivity contribution >= 4 is 17.4 Å². The highest BCUT2D eigenvalue weighted by Gasteiger charge is 2.20. The first kappa shape index (κ1) is 11.1. The van der Waals surface area contributed by atoms with Gasteiger partial charge in [-0.05, 0) is 12.1 Å². The third kappa shape index (κ3) is 1.71. The maximum Gasteiger partial charge on any atom is 0.231 e. The number of ether oxygens (including phenoxy) is 2. The molecule has 1 aliphatic rings. The van der Waals surface area contributed by atoms with E-state index in [1.807, 2.05) is 0 Å². The van der Waals surface area contributed by atoms with Gasteiger partial charge in [0.05, 0.1) is 5.02 Å². The molecule has 2 aromatic rings. The van der Waals surface area contributed by atoms with E-state index in [1.165, 1.54) is 0 Å². The van der Waals surface area contributed by atoms with Crippen molar-refractivity contribution in [3.8, 4) is 22.8 Å². The first-order valence-corrected chi connectivity index (χ1v) is 5.54. The van der Waals surface area contributed by atoms with E-state index >= 15 is 0 Å². The van der Waals surface area contributed by atoms with Crippen molar-refractivity contribution < 1.29 is 9.47 Å². The quantitative estimate of drug-likeness (QED) is 0.636. The van der Waals surface area contributed by atoms with Crippen LogP contribution in [0.4, 0.5) is 5.82 Å². The van der Waals surface area contributed by atoms with Crippen LogP contribution in [0.15, 0.2) is 24.5 Å². The molecule has 3 N–H and O–H groups in total. The molecule has 0 saturated heterocycles. The molecule has 0 amide bonds. The largest absolute Gasteiger partial charge is 0.454 e. The summed E-state index contributed by atoms with van der Waals surface area (Å²) in [6, 6.07) is 3.53. The molecule has 92 valence electrons. The van der Waals surface area contributed by atoms with Gasteiger partial charge in [0.25, 0.3) is 0 Å². The molecule has 1 aromatic heterocycles. The van der Waals surface area contributed by atoms with Crippen LogP contribution in [-0.4, -0.2) is 16.8 Å². The summed E-state index contributed by atoms with van der Waals surface area (Å²) in [5.74, 6) is 7.00. The summed E-state index contributed by atoms with van der Waals surface area (Å²) in [7, 11) is 0. The third-order valence-corrected chi connectivity index (χ3v) is 2.82. The minimum absolute atomic E-state index is 0.168. The second kappa shape index (κ2) is 4.32. The summed E-state index contributed by atoms with van der Waals surface area (Å²) in [5, 5.41) is 0.466. The van der Waals surface area contributed by atoms with Crippen molar-refractivity contribution in [2.24, 2.45) is 5.84 Å². The molecule has 0 aliphatic carbocycles. The predicted molar refractivity (Wildman–Crippen MR) is 66.4 cm³/mol. The van der Waals surface area contributed by atoms with Crippen molar-refractivity contribution in [1.29, 1.82) is 0 Å². The summed E-state index contributed by atoms with van der Waals surface area (Å²) in [6.45, 7) is 0.168. The summed E-state index contributed by atoms with van der Waals surface area (Å²) >= 11 is 6.12. The number of hydrogen-bond acceptors (Lipinski definition) is 6. The summed E-state index contributed by atoms with van der Waals surface area (Å²) in [4.78, 5) is 8.31. The zero-order chi connectivity index (χ0) is 12.5.